The molecule has 36 heavy (non-hydrogen) atoms. The molecule has 2 atom stereocenters. The van der Waals surface area contributed by atoms with Crippen molar-refractivity contribution in [3.05, 3.63) is 92.9 Å². The maximum absolute atomic E-state index is 15.0. The monoisotopic (exact) mass is 523 g/mol. The van der Waals surface area contributed by atoms with Crippen LogP contribution in [0.1, 0.15) is 28.4 Å². The van der Waals surface area contributed by atoms with Crippen molar-refractivity contribution in [2.24, 2.45) is 0 Å². The van der Waals surface area contributed by atoms with Crippen molar-refractivity contribution in [1.29, 1.82) is 0 Å². The lowest BCUT2D eigenvalue weighted by molar-refractivity contribution is -0.118. The van der Waals surface area contributed by atoms with Gasteiger partial charge in [0.15, 0.2) is 0 Å². The van der Waals surface area contributed by atoms with Crippen LogP contribution in [-0.2, 0) is 4.79 Å². The Morgan fingerprint density at radius 3 is 2.33 bits per heavy atom. The van der Waals surface area contributed by atoms with E-state index in [-0.39, 0.29) is 15.9 Å². The van der Waals surface area contributed by atoms with E-state index in [9.17, 15) is 31.9 Å². The van der Waals surface area contributed by atoms with Crippen LogP contribution in [-0.4, -0.2) is 36.1 Å². The fourth-order valence-electron chi connectivity index (χ4n) is 4.09. The third-order valence-electron chi connectivity index (χ3n) is 5.82. The summed E-state index contributed by atoms with van der Waals surface area (Å²) in [5.41, 5.74) is -2.02. The van der Waals surface area contributed by atoms with Gasteiger partial charge >= 0.3 is 6.55 Å². The number of halogens is 5. The molecule has 0 unspecified atom stereocenters. The molecule has 0 spiro atoms. The number of anilines is 1. The maximum atomic E-state index is 15.0. The molecule has 188 valence electrons. The third-order valence-corrected chi connectivity index (χ3v) is 6.07. The van der Waals surface area contributed by atoms with Gasteiger partial charge in [-0.1, -0.05) is 11.6 Å². The Labute approximate surface area is 206 Å². The highest BCUT2D eigenvalue weighted by Crippen LogP contribution is 2.36. The van der Waals surface area contributed by atoms with Gasteiger partial charge in [0.2, 0.25) is 5.91 Å². The number of alkyl halides is 2. The van der Waals surface area contributed by atoms with E-state index in [1.807, 2.05) is 0 Å². The smallest absolute Gasteiger partial charge is 0.321 e. The van der Waals surface area contributed by atoms with E-state index in [4.69, 9.17) is 16.3 Å². The second kappa shape index (κ2) is 10.0. The molecule has 0 radical (unpaired) electrons. The lowest BCUT2D eigenvalue weighted by Gasteiger charge is -2.20. The zero-order chi connectivity index (χ0) is 26.1. The van der Waals surface area contributed by atoms with Gasteiger partial charge in [-0.15, -0.1) is 0 Å². The summed E-state index contributed by atoms with van der Waals surface area (Å²) in [6.07, 6.45) is 0.844. The summed E-state index contributed by atoms with van der Waals surface area (Å²) in [6, 6.07) is 8.23. The van der Waals surface area contributed by atoms with Crippen molar-refractivity contribution < 1.29 is 31.9 Å². The van der Waals surface area contributed by atoms with Crippen molar-refractivity contribution in [2.45, 2.75) is 18.5 Å². The predicted molar refractivity (Wildman–Crippen MR) is 123 cm³/mol. The number of nitrogens with one attached hydrogen (secondary N) is 1. The normalized spacial score (nSPS) is 17.5. The number of ether oxygens (including phenoxy) is 1. The zero-order valence-corrected chi connectivity index (χ0v) is 19.3. The number of hydrogen-bond acceptors (Lipinski definition) is 4. The van der Waals surface area contributed by atoms with Crippen LogP contribution in [0.4, 0.5) is 23.2 Å². The van der Waals surface area contributed by atoms with Crippen molar-refractivity contribution in [3.63, 3.8) is 0 Å². The number of aromatic nitrogens is 1. The van der Waals surface area contributed by atoms with Crippen LogP contribution < -0.4 is 20.5 Å². The highest BCUT2D eigenvalue weighted by atomic mass is 35.5. The highest BCUT2D eigenvalue weighted by Gasteiger charge is 2.46. The van der Waals surface area contributed by atoms with Crippen LogP contribution in [0.3, 0.4) is 0 Å². The molecule has 1 saturated heterocycles. The van der Waals surface area contributed by atoms with Crippen molar-refractivity contribution in [2.75, 3.05) is 18.6 Å². The highest BCUT2D eigenvalue weighted by molar-refractivity contribution is 6.30. The first-order valence-electron chi connectivity index (χ1n) is 10.5. The Morgan fingerprint density at radius 2 is 1.75 bits per heavy atom. The molecule has 2 amide bonds. The minimum Gasteiger partial charge on any atom is -0.497 e. The molecule has 0 aliphatic carbocycles. The Hall–Kier alpha value is -3.86. The molecule has 1 aliphatic heterocycles. The van der Waals surface area contributed by atoms with Crippen LogP contribution >= 0.6 is 11.6 Å². The topological polar surface area (TPSA) is 80.6 Å². The first kappa shape index (κ1) is 25.2. The number of carbonyl (C=O) groups excluding carboxylic acids is 2. The Kier molecular flexibility index (Phi) is 7.02. The second-order valence-corrected chi connectivity index (χ2v) is 8.34. The van der Waals surface area contributed by atoms with Gasteiger partial charge in [0.05, 0.1) is 7.11 Å². The van der Waals surface area contributed by atoms with Gasteiger partial charge in [-0.2, -0.15) is 8.78 Å². The van der Waals surface area contributed by atoms with E-state index in [1.54, 1.807) is 0 Å². The van der Waals surface area contributed by atoms with Crippen molar-refractivity contribution >= 4 is 29.1 Å². The first-order chi connectivity index (χ1) is 17.1. The molecule has 12 heteroatoms. The summed E-state index contributed by atoms with van der Waals surface area (Å²) < 4.78 is 61.5. The van der Waals surface area contributed by atoms with Gasteiger partial charge in [0, 0.05) is 46.9 Å². The molecular weight excluding hydrogens is 506 g/mol. The zero-order valence-electron chi connectivity index (χ0n) is 18.6. The summed E-state index contributed by atoms with van der Waals surface area (Å²) >= 11 is 5.84. The van der Waals surface area contributed by atoms with Crippen LogP contribution in [0.15, 0.2) is 59.5 Å². The second-order valence-electron chi connectivity index (χ2n) is 7.90. The van der Waals surface area contributed by atoms with Gasteiger partial charge in [-0.05, 0) is 36.4 Å². The molecule has 4 rings (SSSR count). The van der Waals surface area contributed by atoms with Gasteiger partial charge in [-0.25, -0.2) is 8.78 Å². The number of rotatable bonds is 6. The molecular formula is C24H18ClF4N3O4. The molecule has 0 saturated carbocycles. The summed E-state index contributed by atoms with van der Waals surface area (Å²) in [5.74, 6) is -5.16. The largest absolute Gasteiger partial charge is 0.497 e. The van der Waals surface area contributed by atoms with E-state index in [1.165, 1.54) is 31.4 Å². The van der Waals surface area contributed by atoms with Crippen LogP contribution in [0, 0.1) is 11.6 Å². The maximum Gasteiger partial charge on any atom is 0.321 e. The summed E-state index contributed by atoms with van der Waals surface area (Å²) in [6.45, 7) is -3.64. The molecule has 1 aliphatic rings. The quantitative estimate of drug-likeness (QED) is 0.493. The molecule has 3 aromatic rings. The van der Waals surface area contributed by atoms with Crippen molar-refractivity contribution in [3.8, 4) is 5.75 Å². The lowest BCUT2D eigenvalue weighted by atomic mass is 9.92. The molecule has 0 bridgehead atoms. The van der Waals surface area contributed by atoms with E-state index in [0.29, 0.717) is 5.02 Å². The number of methoxy groups -OCH3 is 1. The standard InChI is InChI=1S/C24H18ClF4N3O4/c1-36-14-9-16(26)19(17(27)10-14)15-11-32(18-3-2-8-31(22(18)34)24(28)29)23(35)20(15)30-21(33)12-4-6-13(25)7-5-12/h2-10,15,20,24H,11H2,1H3,(H,30,33)/t15-,20-/m0/s1. The Bertz CT molecular complexity index is 1360. The van der Waals surface area contributed by atoms with Crippen LogP contribution in [0.5, 0.6) is 5.75 Å². The minimum absolute atomic E-state index is 0.111. The van der Waals surface area contributed by atoms with Crippen molar-refractivity contribution in [1.82, 2.24) is 9.88 Å². The van der Waals surface area contributed by atoms with E-state index < -0.39 is 65.3 Å². The third kappa shape index (κ3) is 4.66. The molecule has 2 heterocycles. The van der Waals surface area contributed by atoms with Gasteiger partial charge in [0.1, 0.15) is 29.1 Å². The Morgan fingerprint density at radius 1 is 1.11 bits per heavy atom. The Balaban J connectivity index is 1.78. The number of pyridine rings is 1. The fourth-order valence-corrected chi connectivity index (χ4v) is 4.21. The van der Waals surface area contributed by atoms with Gasteiger partial charge < -0.3 is 15.0 Å². The SMILES string of the molecule is COc1cc(F)c([C@@H]2CN(c3cccn(C(F)F)c3=O)C(=O)[C@H]2NC(=O)c2ccc(Cl)cc2)c(F)c1. The minimum atomic E-state index is -3.18. The van der Waals surface area contributed by atoms with E-state index in [2.05, 4.69) is 5.32 Å². The predicted octanol–water partition coefficient (Wildman–Crippen LogP) is 4.11. The number of amides is 2. The summed E-state index contributed by atoms with van der Waals surface area (Å²) in [4.78, 5) is 39.7. The average Bonchev–Trinajstić information content (AvgIpc) is 3.14. The lowest BCUT2D eigenvalue weighted by Crippen LogP contribution is -2.44. The first-order valence-corrected chi connectivity index (χ1v) is 10.9. The molecule has 2 aromatic carbocycles. The number of nitrogens with zero attached hydrogens (tertiary/aromatic N) is 2. The van der Waals surface area contributed by atoms with E-state index in [0.717, 1.165) is 35.4 Å². The van der Waals surface area contributed by atoms with Gasteiger partial charge in [0.25, 0.3) is 11.5 Å². The van der Waals surface area contributed by atoms with Crippen LogP contribution in [0.2, 0.25) is 5.02 Å². The number of hydrogen-bond donors (Lipinski definition) is 1. The van der Waals surface area contributed by atoms with E-state index >= 15 is 0 Å². The summed E-state index contributed by atoms with van der Waals surface area (Å²) in [7, 11) is 1.22. The molecule has 1 N–H and O–H groups in total. The summed E-state index contributed by atoms with van der Waals surface area (Å²) in [5, 5.41) is 2.81. The number of carbonyl (C=O) groups is 2. The van der Waals surface area contributed by atoms with Gasteiger partial charge in [-0.3, -0.25) is 19.0 Å². The molecule has 7 nitrogen and oxygen atoms in total. The average molecular weight is 524 g/mol. The molecule has 1 aromatic heterocycles. The fraction of sp³-hybridized carbons (Fsp3) is 0.208. The number of benzene rings is 2. The molecule has 1 fully saturated rings. The van der Waals surface area contributed by atoms with Crippen LogP contribution in [0.25, 0.3) is 0 Å².